The normalized spacial score (nSPS) is 9.13. The van der Waals surface area contributed by atoms with Crippen molar-refractivity contribution in [3.05, 3.63) is 25.3 Å². The quantitative estimate of drug-likeness (QED) is 0.387. The van der Waals surface area contributed by atoms with Crippen molar-refractivity contribution in [2.24, 2.45) is 0 Å². The summed E-state index contributed by atoms with van der Waals surface area (Å²) in [4.78, 5) is 31.8. The van der Waals surface area contributed by atoms with Crippen molar-refractivity contribution in [1.82, 2.24) is 0 Å². The number of rotatable bonds is 6. The van der Waals surface area contributed by atoms with Gasteiger partial charge in [-0.25, -0.2) is 9.59 Å². The fourth-order valence-corrected chi connectivity index (χ4v) is 0.605. The molecule has 15 heavy (non-hydrogen) atoms. The standard InChI is InChI=1S/C9H10O6/c1-3-7(12)14-9(5-6(10)11)15-8(13)4-2/h3-4,9H,1-2,5H2,(H,10,11). The van der Waals surface area contributed by atoms with Crippen LogP contribution in [0.5, 0.6) is 0 Å². The molecule has 6 heteroatoms. The molecule has 0 saturated carbocycles. The number of carbonyl (C=O) groups is 3. The lowest BCUT2D eigenvalue weighted by molar-refractivity contribution is -0.184. The molecule has 0 heterocycles. The second kappa shape index (κ2) is 6.36. The maximum atomic E-state index is 10.7. The van der Waals surface area contributed by atoms with E-state index in [1.165, 1.54) is 0 Å². The van der Waals surface area contributed by atoms with E-state index in [4.69, 9.17) is 5.11 Å². The van der Waals surface area contributed by atoms with Gasteiger partial charge in [0.25, 0.3) is 6.29 Å². The SMILES string of the molecule is C=CC(=O)OC(CC(=O)O)OC(=O)C=C. The van der Waals surface area contributed by atoms with Crippen LogP contribution in [0.4, 0.5) is 0 Å². The molecule has 0 rings (SSSR count). The molecule has 0 fully saturated rings. The van der Waals surface area contributed by atoms with Crippen molar-refractivity contribution in [3.8, 4) is 0 Å². The lowest BCUT2D eigenvalue weighted by Gasteiger charge is -2.14. The van der Waals surface area contributed by atoms with Gasteiger partial charge < -0.3 is 14.6 Å². The Morgan fingerprint density at radius 1 is 1.13 bits per heavy atom. The molecule has 0 saturated heterocycles. The third-order valence-corrected chi connectivity index (χ3v) is 1.17. The molecule has 0 aliphatic heterocycles. The molecule has 6 nitrogen and oxygen atoms in total. The zero-order valence-electron chi connectivity index (χ0n) is 7.84. The molecule has 1 N–H and O–H groups in total. The fourth-order valence-electron chi connectivity index (χ4n) is 0.605. The zero-order valence-corrected chi connectivity index (χ0v) is 7.84. The first kappa shape index (κ1) is 12.9. The molecule has 82 valence electrons. The van der Waals surface area contributed by atoms with Crippen LogP contribution in [-0.2, 0) is 23.9 Å². The molecule has 0 atom stereocenters. The van der Waals surface area contributed by atoms with Crippen LogP contribution < -0.4 is 0 Å². The molecular formula is C9H10O6. The summed E-state index contributed by atoms with van der Waals surface area (Å²) in [6.07, 6.45) is -0.453. The van der Waals surface area contributed by atoms with Crippen molar-refractivity contribution in [2.45, 2.75) is 12.7 Å². The van der Waals surface area contributed by atoms with Crippen LogP contribution in [0.1, 0.15) is 6.42 Å². The average molecular weight is 214 g/mol. The largest absolute Gasteiger partial charge is 0.481 e. The average Bonchev–Trinajstić information content (AvgIpc) is 2.16. The Morgan fingerprint density at radius 2 is 1.53 bits per heavy atom. The van der Waals surface area contributed by atoms with Gasteiger partial charge in [0, 0.05) is 12.2 Å². The number of carbonyl (C=O) groups excluding carboxylic acids is 2. The molecule has 0 radical (unpaired) electrons. The summed E-state index contributed by atoms with van der Waals surface area (Å²) in [6, 6.07) is 0. The Morgan fingerprint density at radius 3 is 1.80 bits per heavy atom. The van der Waals surface area contributed by atoms with Gasteiger partial charge in [-0.3, -0.25) is 4.79 Å². The second-order valence-electron chi connectivity index (χ2n) is 2.31. The highest BCUT2D eigenvalue weighted by Gasteiger charge is 2.19. The minimum atomic E-state index is -1.47. The number of carboxylic acids is 1. The monoisotopic (exact) mass is 214 g/mol. The minimum Gasteiger partial charge on any atom is -0.481 e. The molecule has 0 unspecified atom stereocenters. The van der Waals surface area contributed by atoms with Crippen LogP contribution >= 0.6 is 0 Å². The Hall–Kier alpha value is -2.11. The van der Waals surface area contributed by atoms with E-state index >= 15 is 0 Å². The Balaban J connectivity index is 4.35. The fraction of sp³-hybridized carbons (Fsp3) is 0.222. The first-order chi connectivity index (χ1) is 6.99. The summed E-state index contributed by atoms with van der Waals surface area (Å²) in [5.41, 5.74) is 0. The first-order valence-electron chi connectivity index (χ1n) is 3.87. The summed E-state index contributed by atoms with van der Waals surface area (Å²) in [5, 5.41) is 8.42. The number of ether oxygens (including phenoxy) is 2. The summed E-state index contributed by atoms with van der Waals surface area (Å²) in [5.74, 6) is -3.02. The van der Waals surface area contributed by atoms with E-state index in [1.807, 2.05) is 0 Å². The minimum absolute atomic E-state index is 0.640. The van der Waals surface area contributed by atoms with Crippen molar-refractivity contribution in [3.63, 3.8) is 0 Å². The van der Waals surface area contributed by atoms with E-state index in [9.17, 15) is 14.4 Å². The van der Waals surface area contributed by atoms with E-state index < -0.39 is 30.6 Å². The van der Waals surface area contributed by atoms with Gasteiger partial charge in [0.05, 0.1) is 0 Å². The van der Waals surface area contributed by atoms with E-state index in [-0.39, 0.29) is 0 Å². The van der Waals surface area contributed by atoms with Gasteiger partial charge in [0.1, 0.15) is 6.42 Å². The first-order valence-corrected chi connectivity index (χ1v) is 3.87. The van der Waals surface area contributed by atoms with Crippen molar-refractivity contribution < 1.29 is 29.0 Å². The van der Waals surface area contributed by atoms with Gasteiger partial charge in [0.15, 0.2) is 0 Å². The third kappa shape index (κ3) is 6.03. The van der Waals surface area contributed by atoms with Crippen LogP contribution in [0.2, 0.25) is 0 Å². The van der Waals surface area contributed by atoms with Gasteiger partial charge in [-0.05, 0) is 0 Å². The predicted octanol–water partition coefficient (Wildman–Crippen LogP) is 0.246. The Kier molecular flexibility index (Phi) is 5.47. The molecule has 0 aromatic heterocycles. The van der Waals surface area contributed by atoms with Crippen LogP contribution in [-0.4, -0.2) is 29.3 Å². The van der Waals surface area contributed by atoms with Gasteiger partial charge in [-0.15, -0.1) is 0 Å². The summed E-state index contributed by atoms with van der Waals surface area (Å²) in [7, 11) is 0. The van der Waals surface area contributed by atoms with Crippen LogP contribution in [0, 0.1) is 0 Å². The lowest BCUT2D eigenvalue weighted by atomic mass is 10.4. The summed E-state index contributed by atoms with van der Waals surface area (Å²) >= 11 is 0. The van der Waals surface area contributed by atoms with E-state index in [1.54, 1.807) is 0 Å². The molecule has 0 aromatic rings. The molecule has 0 spiro atoms. The van der Waals surface area contributed by atoms with Crippen LogP contribution in [0.3, 0.4) is 0 Å². The number of aliphatic carboxylic acids is 1. The van der Waals surface area contributed by atoms with Gasteiger partial charge in [0.2, 0.25) is 0 Å². The Labute approximate surface area is 85.8 Å². The maximum Gasteiger partial charge on any atom is 0.333 e. The highest BCUT2D eigenvalue weighted by molar-refractivity contribution is 5.83. The number of esters is 2. The topological polar surface area (TPSA) is 89.9 Å². The molecular weight excluding hydrogens is 204 g/mol. The van der Waals surface area contributed by atoms with Crippen molar-refractivity contribution >= 4 is 17.9 Å². The lowest BCUT2D eigenvalue weighted by Crippen LogP contribution is -2.25. The second-order valence-corrected chi connectivity index (χ2v) is 2.31. The number of hydrogen-bond donors (Lipinski definition) is 1. The summed E-state index contributed by atoms with van der Waals surface area (Å²) in [6.45, 7) is 6.22. The Bertz CT molecular complexity index is 271. The predicted molar refractivity (Wildman–Crippen MR) is 48.6 cm³/mol. The van der Waals surface area contributed by atoms with Gasteiger partial charge in [-0.1, -0.05) is 13.2 Å². The zero-order chi connectivity index (χ0) is 11.8. The highest BCUT2D eigenvalue weighted by Crippen LogP contribution is 2.03. The van der Waals surface area contributed by atoms with Crippen molar-refractivity contribution in [2.75, 3.05) is 0 Å². The summed E-state index contributed by atoms with van der Waals surface area (Å²) < 4.78 is 8.91. The smallest absolute Gasteiger partial charge is 0.333 e. The van der Waals surface area contributed by atoms with E-state index in [2.05, 4.69) is 22.6 Å². The maximum absolute atomic E-state index is 10.7. The van der Waals surface area contributed by atoms with Gasteiger partial charge >= 0.3 is 17.9 Å². The molecule has 0 aromatic carbocycles. The highest BCUT2D eigenvalue weighted by atomic mass is 16.7. The third-order valence-electron chi connectivity index (χ3n) is 1.17. The van der Waals surface area contributed by atoms with Crippen molar-refractivity contribution in [1.29, 1.82) is 0 Å². The molecule has 0 bridgehead atoms. The van der Waals surface area contributed by atoms with Crippen LogP contribution in [0.15, 0.2) is 25.3 Å². The van der Waals surface area contributed by atoms with E-state index in [0.29, 0.717) is 0 Å². The number of hydrogen-bond acceptors (Lipinski definition) is 5. The number of carboxylic acid groups (broad SMARTS) is 1. The van der Waals surface area contributed by atoms with Crippen LogP contribution in [0.25, 0.3) is 0 Å². The van der Waals surface area contributed by atoms with E-state index in [0.717, 1.165) is 12.2 Å². The molecule has 0 amide bonds. The molecule has 0 aliphatic rings. The molecule has 0 aliphatic carbocycles. The van der Waals surface area contributed by atoms with Gasteiger partial charge in [-0.2, -0.15) is 0 Å².